The highest BCUT2D eigenvalue weighted by molar-refractivity contribution is 7.89. The molecule has 1 saturated carbocycles. The molecule has 3 N–H and O–H groups in total. The van der Waals surface area contributed by atoms with Crippen molar-refractivity contribution in [1.82, 2.24) is 4.31 Å². The average Bonchev–Trinajstić information content (AvgIpc) is 3.19. The Hall–Kier alpha value is -1.71. The standard InChI is InChI=1S/C11H15N3O5S/c12-10-4-3-9(14(16)17)7-11(10)20(18,19)13(5-6-15)8-1-2-8/h3-4,7-8,15H,1-2,5-6,12H2. The van der Waals surface area contributed by atoms with Crippen molar-refractivity contribution in [3.8, 4) is 0 Å². The normalized spacial score (nSPS) is 15.5. The van der Waals surface area contributed by atoms with Crippen molar-refractivity contribution in [2.45, 2.75) is 23.8 Å². The van der Waals surface area contributed by atoms with Crippen molar-refractivity contribution >= 4 is 21.4 Å². The van der Waals surface area contributed by atoms with Crippen LogP contribution in [-0.2, 0) is 10.0 Å². The fourth-order valence-electron chi connectivity index (χ4n) is 1.95. The third-order valence-corrected chi connectivity index (χ3v) is 5.08. The van der Waals surface area contributed by atoms with Gasteiger partial charge < -0.3 is 10.8 Å². The lowest BCUT2D eigenvalue weighted by Crippen LogP contribution is -2.35. The van der Waals surface area contributed by atoms with Crippen LogP contribution in [0.15, 0.2) is 23.1 Å². The first-order chi connectivity index (χ1) is 9.37. The molecule has 0 spiro atoms. The monoisotopic (exact) mass is 301 g/mol. The van der Waals surface area contributed by atoms with Gasteiger partial charge in [0, 0.05) is 24.7 Å². The molecule has 2 rings (SSSR count). The predicted molar refractivity (Wildman–Crippen MR) is 71.5 cm³/mol. The molecule has 20 heavy (non-hydrogen) atoms. The second-order valence-electron chi connectivity index (χ2n) is 4.55. The van der Waals surface area contributed by atoms with Crippen LogP contribution in [0.5, 0.6) is 0 Å². The Morgan fingerprint density at radius 3 is 2.60 bits per heavy atom. The van der Waals surface area contributed by atoms with Crippen LogP contribution in [-0.4, -0.2) is 41.9 Å². The third kappa shape index (κ3) is 2.74. The minimum Gasteiger partial charge on any atom is -0.398 e. The molecule has 1 aromatic carbocycles. The molecule has 1 aromatic rings. The maximum atomic E-state index is 12.5. The van der Waals surface area contributed by atoms with Crippen LogP contribution >= 0.6 is 0 Å². The Kier molecular flexibility index (Phi) is 3.93. The molecular weight excluding hydrogens is 286 g/mol. The molecule has 9 heteroatoms. The number of aliphatic hydroxyl groups excluding tert-OH is 1. The molecule has 0 heterocycles. The number of non-ortho nitro benzene ring substituents is 1. The quantitative estimate of drug-likeness (QED) is 0.442. The van der Waals surface area contributed by atoms with E-state index in [9.17, 15) is 18.5 Å². The number of rotatable bonds is 6. The van der Waals surface area contributed by atoms with E-state index in [1.165, 1.54) is 6.07 Å². The Balaban J connectivity index is 2.47. The fraction of sp³-hybridized carbons (Fsp3) is 0.455. The van der Waals surface area contributed by atoms with Crippen molar-refractivity contribution in [1.29, 1.82) is 0 Å². The van der Waals surface area contributed by atoms with Crippen molar-refractivity contribution in [2.24, 2.45) is 0 Å². The van der Waals surface area contributed by atoms with Crippen molar-refractivity contribution in [3.63, 3.8) is 0 Å². The minimum absolute atomic E-state index is 0.0424. The van der Waals surface area contributed by atoms with Crippen LogP contribution < -0.4 is 5.73 Å². The van der Waals surface area contributed by atoms with Gasteiger partial charge in [0.1, 0.15) is 4.90 Å². The maximum absolute atomic E-state index is 12.5. The number of benzene rings is 1. The van der Waals surface area contributed by atoms with Crippen LogP contribution in [0.3, 0.4) is 0 Å². The SMILES string of the molecule is Nc1ccc([N+](=O)[O-])cc1S(=O)(=O)N(CCO)C1CC1. The Morgan fingerprint density at radius 1 is 1.45 bits per heavy atom. The van der Waals surface area contributed by atoms with E-state index in [1.54, 1.807) is 0 Å². The number of hydrogen-bond donors (Lipinski definition) is 2. The summed E-state index contributed by atoms with van der Waals surface area (Å²) in [5.74, 6) is 0. The maximum Gasteiger partial charge on any atom is 0.270 e. The summed E-state index contributed by atoms with van der Waals surface area (Å²) in [4.78, 5) is 9.79. The summed E-state index contributed by atoms with van der Waals surface area (Å²) in [6.45, 7) is -0.361. The van der Waals surface area contributed by atoms with Gasteiger partial charge in [-0.15, -0.1) is 0 Å². The molecule has 110 valence electrons. The second kappa shape index (κ2) is 5.35. The summed E-state index contributed by atoms with van der Waals surface area (Å²) >= 11 is 0. The largest absolute Gasteiger partial charge is 0.398 e. The van der Waals surface area contributed by atoms with Gasteiger partial charge >= 0.3 is 0 Å². The molecule has 0 radical (unpaired) electrons. The number of hydrogen-bond acceptors (Lipinski definition) is 6. The fourth-order valence-corrected chi connectivity index (χ4v) is 3.76. The summed E-state index contributed by atoms with van der Waals surface area (Å²) in [7, 11) is -3.94. The summed E-state index contributed by atoms with van der Waals surface area (Å²) in [5.41, 5.74) is 5.26. The van der Waals surface area contributed by atoms with Gasteiger partial charge in [-0.1, -0.05) is 0 Å². The number of nitro groups is 1. The molecule has 8 nitrogen and oxygen atoms in total. The van der Waals surface area contributed by atoms with E-state index in [0.717, 1.165) is 16.4 Å². The van der Waals surface area contributed by atoms with Gasteiger partial charge in [-0.3, -0.25) is 10.1 Å². The zero-order valence-electron chi connectivity index (χ0n) is 10.6. The molecule has 0 saturated heterocycles. The van der Waals surface area contributed by atoms with Gasteiger partial charge in [-0.2, -0.15) is 4.31 Å². The molecule has 0 aliphatic heterocycles. The first-order valence-electron chi connectivity index (χ1n) is 6.04. The highest BCUT2D eigenvalue weighted by Crippen LogP contribution is 2.34. The highest BCUT2D eigenvalue weighted by atomic mass is 32.2. The first kappa shape index (κ1) is 14.7. The zero-order valence-corrected chi connectivity index (χ0v) is 11.4. The number of aliphatic hydroxyl groups is 1. The molecule has 1 aliphatic carbocycles. The van der Waals surface area contributed by atoms with E-state index in [-0.39, 0.29) is 35.5 Å². The van der Waals surface area contributed by atoms with Gasteiger partial charge in [0.05, 0.1) is 17.2 Å². The van der Waals surface area contributed by atoms with Gasteiger partial charge in [0.25, 0.3) is 5.69 Å². The molecule has 0 unspecified atom stereocenters. The van der Waals surface area contributed by atoms with E-state index in [4.69, 9.17) is 10.8 Å². The van der Waals surface area contributed by atoms with E-state index in [1.807, 2.05) is 0 Å². The van der Waals surface area contributed by atoms with Crippen LogP contribution in [0.25, 0.3) is 0 Å². The summed E-state index contributed by atoms with van der Waals surface area (Å²) in [6, 6.07) is 3.15. The van der Waals surface area contributed by atoms with Gasteiger partial charge in [-0.25, -0.2) is 8.42 Å². The molecule has 0 amide bonds. The number of nitrogens with zero attached hydrogens (tertiary/aromatic N) is 2. The Morgan fingerprint density at radius 2 is 2.10 bits per heavy atom. The van der Waals surface area contributed by atoms with Crippen LogP contribution in [0.1, 0.15) is 12.8 Å². The molecule has 1 aliphatic rings. The number of nitro benzene ring substituents is 1. The average molecular weight is 301 g/mol. The first-order valence-corrected chi connectivity index (χ1v) is 7.48. The number of anilines is 1. The molecule has 1 fully saturated rings. The van der Waals surface area contributed by atoms with Gasteiger partial charge in [-0.05, 0) is 18.9 Å². The topological polar surface area (TPSA) is 127 Å². The van der Waals surface area contributed by atoms with Crippen molar-refractivity contribution in [2.75, 3.05) is 18.9 Å². The summed E-state index contributed by atoms with van der Waals surface area (Å²) < 4.78 is 26.2. The molecule has 0 bridgehead atoms. The van der Waals surface area contributed by atoms with E-state index >= 15 is 0 Å². The minimum atomic E-state index is -3.94. The summed E-state index contributed by atoms with van der Waals surface area (Å²) in [6.07, 6.45) is 1.43. The zero-order chi connectivity index (χ0) is 14.9. The van der Waals surface area contributed by atoms with Gasteiger partial charge in [0.2, 0.25) is 10.0 Å². The molecule has 0 aromatic heterocycles. The van der Waals surface area contributed by atoms with Crippen LogP contribution in [0.4, 0.5) is 11.4 Å². The smallest absolute Gasteiger partial charge is 0.270 e. The van der Waals surface area contributed by atoms with E-state index in [0.29, 0.717) is 12.8 Å². The lowest BCUT2D eigenvalue weighted by molar-refractivity contribution is -0.385. The van der Waals surface area contributed by atoms with Crippen LogP contribution in [0, 0.1) is 10.1 Å². The van der Waals surface area contributed by atoms with Crippen LogP contribution in [0.2, 0.25) is 0 Å². The Bertz CT molecular complexity index is 627. The second-order valence-corrected chi connectivity index (χ2v) is 6.41. The third-order valence-electron chi connectivity index (χ3n) is 3.07. The number of sulfonamides is 1. The summed E-state index contributed by atoms with van der Waals surface area (Å²) in [5, 5.41) is 19.7. The number of nitrogen functional groups attached to an aromatic ring is 1. The number of nitrogens with two attached hydrogens (primary N) is 1. The highest BCUT2D eigenvalue weighted by Gasteiger charge is 2.38. The predicted octanol–water partition coefficient (Wildman–Crippen LogP) is 0.322. The Labute approximate surface area is 116 Å². The molecular formula is C11H15N3O5S. The lowest BCUT2D eigenvalue weighted by atomic mass is 10.3. The van der Waals surface area contributed by atoms with Crippen molar-refractivity contribution in [3.05, 3.63) is 28.3 Å². The van der Waals surface area contributed by atoms with E-state index < -0.39 is 14.9 Å². The lowest BCUT2D eigenvalue weighted by Gasteiger charge is -2.21. The van der Waals surface area contributed by atoms with Crippen molar-refractivity contribution < 1.29 is 18.4 Å². The van der Waals surface area contributed by atoms with Gasteiger partial charge in [0.15, 0.2) is 0 Å². The van der Waals surface area contributed by atoms with E-state index in [2.05, 4.69) is 0 Å². The molecule has 0 atom stereocenters.